The summed E-state index contributed by atoms with van der Waals surface area (Å²) in [7, 11) is 0. The molecule has 0 saturated carbocycles. The summed E-state index contributed by atoms with van der Waals surface area (Å²) < 4.78 is 4.55. The average molecular weight is 262 g/mol. The molecule has 1 aromatic rings. The molecule has 0 N–H and O–H groups in total. The van der Waals surface area contributed by atoms with Crippen LogP contribution in [0.4, 0.5) is 0 Å². The molecule has 0 fully saturated rings. The van der Waals surface area contributed by atoms with Gasteiger partial charge in [0.2, 0.25) is 0 Å². The lowest BCUT2D eigenvalue weighted by Gasteiger charge is -2.03. The van der Waals surface area contributed by atoms with Crippen molar-refractivity contribution in [1.82, 2.24) is 4.98 Å². The lowest BCUT2D eigenvalue weighted by atomic mass is 10.3. The second-order valence-corrected chi connectivity index (χ2v) is 3.73. The number of halogens is 2. The number of pyridine rings is 1. The van der Waals surface area contributed by atoms with E-state index in [2.05, 4.69) is 9.72 Å². The number of esters is 2. The van der Waals surface area contributed by atoms with E-state index in [0.717, 1.165) is 0 Å². The van der Waals surface area contributed by atoms with Gasteiger partial charge >= 0.3 is 11.9 Å². The summed E-state index contributed by atoms with van der Waals surface area (Å²) in [5, 5.41) is 0.0863. The van der Waals surface area contributed by atoms with Gasteiger partial charge in [0.1, 0.15) is 10.3 Å². The summed E-state index contributed by atoms with van der Waals surface area (Å²) in [6.07, 6.45) is 0.795. The van der Waals surface area contributed by atoms with Crippen LogP contribution in [-0.4, -0.2) is 16.9 Å². The zero-order chi connectivity index (χ0) is 12.1. The molecule has 6 heteroatoms. The molecule has 0 atom stereocenters. The lowest BCUT2D eigenvalue weighted by molar-refractivity contribution is -0.137. The van der Waals surface area contributed by atoms with Gasteiger partial charge in [-0.3, -0.25) is 4.79 Å². The Balaban J connectivity index is 2.77. The fraction of sp³-hybridized carbons (Fsp3) is 0.300. The Labute approximate surface area is 103 Å². The second-order valence-electron chi connectivity index (χ2n) is 2.98. The maximum absolute atomic E-state index is 11.5. The van der Waals surface area contributed by atoms with Crippen LogP contribution in [0.15, 0.2) is 12.1 Å². The predicted molar refractivity (Wildman–Crippen MR) is 59.6 cm³/mol. The number of carbonyl (C=O) groups is 2. The Morgan fingerprint density at radius 2 is 2.06 bits per heavy atom. The monoisotopic (exact) mass is 261 g/mol. The number of aromatic nitrogens is 1. The minimum absolute atomic E-state index is 0.0236. The fourth-order valence-corrected chi connectivity index (χ4v) is 1.40. The van der Waals surface area contributed by atoms with Crippen molar-refractivity contribution >= 4 is 35.1 Å². The van der Waals surface area contributed by atoms with Gasteiger partial charge < -0.3 is 4.74 Å². The first kappa shape index (κ1) is 12.9. The molecule has 0 aromatic carbocycles. The number of hydrogen-bond acceptors (Lipinski definition) is 4. The fourth-order valence-electron chi connectivity index (χ4n) is 0.978. The largest absolute Gasteiger partial charge is 0.389 e. The molecule has 1 heterocycles. The van der Waals surface area contributed by atoms with Gasteiger partial charge in [-0.1, -0.05) is 30.1 Å². The molecular formula is C10H9Cl2NO3. The van der Waals surface area contributed by atoms with Gasteiger partial charge in [-0.05, 0) is 18.6 Å². The van der Waals surface area contributed by atoms with Crippen LogP contribution in [0.5, 0.6) is 0 Å². The van der Waals surface area contributed by atoms with Gasteiger partial charge in [-0.2, -0.15) is 0 Å². The SMILES string of the molecule is CCCC(=O)OC(=O)c1ccc(Cl)nc1Cl. The van der Waals surface area contributed by atoms with E-state index in [-0.39, 0.29) is 22.3 Å². The van der Waals surface area contributed by atoms with Crippen molar-refractivity contribution in [3.63, 3.8) is 0 Å². The van der Waals surface area contributed by atoms with E-state index in [9.17, 15) is 9.59 Å². The highest BCUT2D eigenvalue weighted by atomic mass is 35.5. The normalized spacial score (nSPS) is 9.94. The summed E-state index contributed by atoms with van der Waals surface area (Å²) in [6.45, 7) is 1.81. The minimum atomic E-state index is -0.812. The number of hydrogen-bond donors (Lipinski definition) is 0. The quantitative estimate of drug-likeness (QED) is 0.477. The summed E-state index contributed by atoms with van der Waals surface area (Å²) in [4.78, 5) is 26.2. The zero-order valence-corrected chi connectivity index (χ0v) is 10.0. The topological polar surface area (TPSA) is 56.3 Å². The maximum Gasteiger partial charge on any atom is 0.348 e. The third-order valence-corrected chi connectivity index (χ3v) is 2.19. The van der Waals surface area contributed by atoms with Crippen molar-refractivity contribution in [2.45, 2.75) is 19.8 Å². The van der Waals surface area contributed by atoms with Crippen molar-refractivity contribution in [3.05, 3.63) is 28.0 Å². The highest BCUT2D eigenvalue weighted by Crippen LogP contribution is 2.17. The van der Waals surface area contributed by atoms with E-state index in [0.29, 0.717) is 6.42 Å². The van der Waals surface area contributed by atoms with Crippen LogP contribution in [0.25, 0.3) is 0 Å². The average Bonchev–Trinajstić information content (AvgIpc) is 2.17. The van der Waals surface area contributed by atoms with Crippen LogP contribution in [0.1, 0.15) is 30.1 Å². The smallest absolute Gasteiger partial charge is 0.348 e. The van der Waals surface area contributed by atoms with Gasteiger partial charge in [0.05, 0.1) is 5.56 Å². The Morgan fingerprint density at radius 3 is 2.62 bits per heavy atom. The molecule has 0 bridgehead atoms. The molecule has 16 heavy (non-hydrogen) atoms. The van der Waals surface area contributed by atoms with Crippen LogP contribution in [0, 0.1) is 0 Å². The first-order chi connectivity index (χ1) is 7.54. The molecule has 0 amide bonds. The Morgan fingerprint density at radius 1 is 1.38 bits per heavy atom. The molecular weight excluding hydrogens is 253 g/mol. The zero-order valence-electron chi connectivity index (χ0n) is 8.50. The molecule has 0 spiro atoms. The first-order valence-corrected chi connectivity index (χ1v) is 5.37. The lowest BCUT2D eigenvalue weighted by Crippen LogP contribution is -2.12. The van der Waals surface area contributed by atoms with Crippen LogP contribution >= 0.6 is 23.2 Å². The van der Waals surface area contributed by atoms with Crippen LogP contribution in [0.2, 0.25) is 10.3 Å². The van der Waals surface area contributed by atoms with Crippen molar-refractivity contribution in [1.29, 1.82) is 0 Å². The standard InChI is InChI=1S/C10H9Cl2NO3/c1-2-3-8(14)16-10(15)6-4-5-7(11)13-9(6)12/h4-5H,2-3H2,1H3. The van der Waals surface area contributed by atoms with Crippen molar-refractivity contribution in [2.24, 2.45) is 0 Å². The number of nitrogens with zero attached hydrogens (tertiary/aromatic N) is 1. The summed E-state index contributed by atoms with van der Waals surface area (Å²) >= 11 is 11.2. The maximum atomic E-state index is 11.5. The third kappa shape index (κ3) is 3.47. The molecule has 0 aliphatic carbocycles. The minimum Gasteiger partial charge on any atom is -0.389 e. The highest BCUT2D eigenvalue weighted by molar-refractivity contribution is 6.34. The molecule has 0 unspecified atom stereocenters. The molecule has 1 rings (SSSR count). The molecule has 0 saturated heterocycles. The van der Waals surface area contributed by atoms with Gasteiger partial charge in [0, 0.05) is 6.42 Å². The van der Waals surface area contributed by atoms with E-state index in [4.69, 9.17) is 23.2 Å². The predicted octanol–water partition coefficient (Wildman–Crippen LogP) is 2.87. The molecule has 86 valence electrons. The van der Waals surface area contributed by atoms with Crippen LogP contribution in [-0.2, 0) is 9.53 Å². The van der Waals surface area contributed by atoms with Gasteiger partial charge in [-0.15, -0.1) is 0 Å². The van der Waals surface area contributed by atoms with Gasteiger partial charge in [0.15, 0.2) is 0 Å². The van der Waals surface area contributed by atoms with Crippen molar-refractivity contribution in [2.75, 3.05) is 0 Å². The third-order valence-electron chi connectivity index (χ3n) is 1.70. The Bertz CT molecular complexity index is 421. The molecule has 4 nitrogen and oxygen atoms in total. The van der Waals surface area contributed by atoms with Crippen molar-refractivity contribution in [3.8, 4) is 0 Å². The summed E-state index contributed by atoms with van der Waals surface area (Å²) in [5.41, 5.74) is 0.0236. The molecule has 1 aromatic heterocycles. The Kier molecular flexibility index (Phi) is 4.71. The number of carbonyl (C=O) groups excluding carboxylic acids is 2. The summed E-state index contributed by atoms with van der Waals surface area (Å²) in [6, 6.07) is 2.76. The van der Waals surface area contributed by atoms with E-state index in [1.54, 1.807) is 0 Å². The van der Waals surface area contributed by atoms with E-state index >= 15 is 0 Å². The molecule has 0 aliphatic heterocycles. The molecule has 0 radical (unpaired) electrons. The van der Waals surface area contributed by atoms with E-state index < -0.39 is 11.9 Å². The highest BCUT2D eigenvalue weighted by Gasteiger charge is 2.16. The first-order valence-electron chi connectivity index (χ1n) is 4.61. The number of ether oxygens (including phenoxy) is 1. The number of rotatable bonds is 3. The van der Waals surface area contributed by atoms with Crippen LogP contribution < -0.4 is 0 Å². The van der Waals surface area contributed by atoms with Crippen LogP contribution in [0.3, 0.4) is 0 Å². The summed E-state index contributed by atoms with van der Waals surface area (Å²) in [5.74, 6) is -1.40. The van der Waals surface area contributed by atoms with Crippen molar-refractivity contribution < 1.29 is 14.3 Å². The van der Waals surface area contributed by atoms with E-state index in [1.807, 2.05) is 6.92 Å². The van der Waals surface area contributed by atoms with Gasteiger partial charge in [-0.25, -0.2) is 9.78 Å². The molecule has 0 aliphatic rings. The van der Waals surface area contributed by atoms with E-state index in [1.165, 1.54) is 12.1 Å². The second kappa shape index (κ2) is 5.82. The Hall–Kier alpha value is -1.13. The van der Waals surface area contributed by atoms with Gasteiger partial charge in [0.25, 0.3) is 0 Å².